The van der Waals surface area contributed by atoms with E-state index in [0.29, 0.717) is 32.5 Å². The van der Waals surface area contributed by atoms with Crippen molar-refractivity contribution in [3.05, 3.63) is 71.3 Å². The average molecular weight is 433 g/mol. The lowest BCUT2D eigenvalue weighted by molar-refractivity contribution is -0.118. The highest BCUT2D eigenvalue weighted by atomic mass is 16.7. The van der Waals surface area contributed by atoms with Crippen LogP contribution >= 0.6 is 0 Å². The summed E-state index contributed by atoms with van der Waals surface area (Å²) in [4.78, 5) is 20.2. The van der Waals surface area contributed by atoms with Gasteiger partial charge in [0, 0.05) is 26.2 Å². The van der Waals surface area contributed by atoms with Gasteiger partial charge in [0.15, 0.2) is 0 Å². The monoisotopic (exact) mass is 432 g/mol. The fourth-order valence-corrected chi connectivity index (χ4v) is 4.65. The molecule has 0 saturated carbocycles. The molecule has 0 aromatic heterocycles. The molecule has 1 N–H and O–H groups in total. The number of piperidine rings is 1. The van der Waals surface area contributed by atoms with Crippen LogP contribution in [-0.2, 0) is 23.2 Å². The van der Waals surface area contributed by atoms with E-state index in [1.54, 1.807) is 5.06 Å². The summed E-state index contributed by atoms with van der Waals surface area (Å²) >= 11 is 0. The zero-order chi connectivity index (χ0) is 22.2. The molecule has 6 heteroatoms. The summed E-state index contributed by atoms with van der Waals surface area (Å²) in [6.07, 6.45) is 4.24. The highest BCUT2D eigenvalue weighted by Gasteiger charge is 2.37. The SMILES string of the molecule is N#CC1(c2ccccc2)CCN(OC(=O)NCCc2ccc(CN3CCCC3)cc2)CC1. The molecule has 0 bridgehead atoms. The van der Waals surface area contributed by atoms with Gasteiger partial charge in [-0.3, -0.25) is 4.90 Å². The minimum absolute atomic E-state index is 0.431. The van der Waals surface area contributed by atoms with E-state index in [0.717, 1.165) is 18.5 Å². The Morgan fingerprint density at radius 2 is 1.62 bits per heavy atom. The van der Waals surface area contributed by atoms with Crippen molar-refractivity contribution in [2.45, 2.75) is 44.1 Å². The van der Waals surface area contributed by atoms with Gasteiger partial charge in [-0.05, 0) is 61.9 Å². The molecule has 2 aliphatic rings. The van der Waals surface area contributed by atoms with Gasteiger partial charge in [0.1, 0.15) is 0 Å². The predicted molar refractivity (Wildman–Crippen MR) is 124 cm³/mol. The van der Waals surface area contributed by atoms with Crippen molar-refractivity contribution in [1.29, 1.82) is 5.26 Å². The molecule has 1 amide bonds. The molecule has 4 rings (SSSR count). The summed E-state index contributed by atoms with van der Waals surface area (Å²) in [7, 11) is 0. The number of hydrogen-bond donors (Lipinski definition) is 1. The molecule has 2 aromatic rings. The summed E-state index contributed by atoms with van der Waals surface area (Å²) in [6.45, 7) is 5.06. The molecule has 0 aliphatic carbocycles. The van der Waals surface area contributed by atoms with Crippen LogP contribution in [0.25, 0.3) is 0 Å². The first-order valence-electron chi connectivity index (χ1n) is 11.6. The highest BCUT2D eigenvalue weighted by molar-refractivity contribution is 5.66. The van der Waals surface area contributed by atoms with Crippen LogP contribution in [0, 0.1) is 11.3 Å². The van der Waals surface area contributed by atoms with Crippen LogP contribution in [0.4, 0.5) is 4.79 Å². The second kappa shape index (κ2) is 10.6. The Labute approximate surface area is 190 Å². The average Bonchev–Trinajstić information content (AvgIpc) is 3.35. The lowest BCUT2D eigenvalue weighted by atomic mass is 9.74. The zero-order valence-corrected chi connectivity index (χ0v) is 18.6. The Bertz CT molecular complexity index is 909. The van der Waals surface area contributed by atoms with Crippen molar-refractivity contribution in [2.75, 3.05) is 32.7 Å². The molecule has 2 aliphatic heterocycles. The maximum Gasteiger partial charge on any atom is 0.426 e. The van der Waals surface area contributed by atoms with Crippen molar-refractivity contribution in [3.63, 3.8) is 0 Å². The van der Waals surface area contributed by atoms with E-state index in [1.807, 2.05) is 30.3 Å². The smallest absolute Gasteiger partial charge is 0.351 e. The number of nitriles is 1. The molecule has 0 radical (unpaired) electrons. The normalized spacial score (nSPS) is 18.7. The van der Waals surface area contributed by atoms with Crippen molar-refractivity contribution < 1.29 is 9.63 Å². The van der Waals surface area contributed by atoms with Crippen molar-refractivity contribution in [1.82, 2.24) is 15.3 Å². The summed E-state index contributed by atoms with van der Waals surface area (Å²) in [5, 5.41) is 14.3. The molecule has 2 heterocycles. The topological polar surface area (TPSA) is 68.6 Å². The number of likely N-dealkylation sites (tertiary alicyclic amines) is 1. The van der Waals surface area contributed by atoms with E-state index >= 15 is 0 Å². The third-order valence-electron chi connectivity index (χ3n) is 6.64. The van der Waals surface area contributed by atoms with Crippen molar-refractivity contribution in [3.8, 4) is 6.07 Å². The Kier molecular flexibility index (Phi) is 7.41. The molecular formula is C26H32N4O2. The molecule has 32 heavy (non-hydrogen) atoms. The van der Waals surface area contributed by atoms with Crippen LogP contribution in [0.3, 0.4) is 0 Å². The van der Waals surface area contributed by atoms with Gasteiger partial charge in [0.2, 0.25) is 0 Å². The molecule has 6 nitrogen and oxygen atoms in total. The second-order valence-electron chi connectivity index (χ2n) is 8.84. The summed E-state index contributed by atoms with van der Waals surface area (Å²) in [5.74, 6) is 0. The number of nitrogens with zero attached hydrogens (tertiary/aromatic N) is 3. The van der Waals surface area contributed by atoms with Gasteiger partial charge >= 0.3 is 6.09 Å². The fourth-order valence-electron chi connectivity index (χ4n) is 4.65. The van der Waals surface area contributed by atoms with Gasteiger partial charge in [-0.2, -0.15) is 5.26 Å². The number of hydroxylamine groups is 2. The lowest BCUT2D eigenvalue weighted by Crippen LogP contribution is -2.44. The summed E-state index contributed by atoms with van der Waals surface area (Å²) in [6, 6.07) is 21.1. The minimum Gasteiger partial charge on any atom is -0.351 e. The quantitative estimate of drug-likeness (QED) is 0.716. The first-order chi connectivity index (χ1) is 15.7. The van der Waals surface area contributed by atoms with Crippen LogP contribution in [0.1, 0.15) is 42.4 Å². The van der Waals surface area contributed by atoms with Gasteiger partial charge in [-0.25, -0.2) is 4.79 Å². The minimum atomic E-state index is -0.501. The Balaban J connectivity index is 1.17. The zero-order valence-electron chi connectivity index (χ0n) is 18.6. The van der Waals surface area contributed by atoms with E-state index in [9.17, 15) is 10.1 Å². The largest absolute Gasteiger partial charge is 0.426 e. The predicted octanol–water partition coefficient (Wildman–Crippen LogP) is 4.02. The lowest BCUT2D eigenvalue weighted by Gasteiger charge is -2.36. The number of benzene rings is 2. The number of carbonyl (C=O) groups excluding carboxylic acids is 1. The maximum absolute atomic E-state index is 12.2. The Hall–Kier alpha value is -2.88. The van der Waals surface area contributed by atoms with E-state index in [-0.39, 0.29) is 0 Å². The molecule has 2 saturated heterocycles. The van der Waals surface area contributed by atoms with Crippen molar-refractivity contribution in [2.24, 2.45) is 0 Å². The standard InChI is InChI=1S/C26H32N4O2/c27-21-26(24-6-2-1-3-7-24)13-18-30(19-14-26)32-25(31)28-15-12-22-8-10-23(11-9-22)20-29-16-4-5-17-29/h1-3,6-11H,4-5,12-20H2,(H,28,31). The van der Waals surface area contributed by atoms with Crippen LogP contribution in [0.15, 0.2) is 54.6 Å². The molecule has 2 aromatic carbocycles. The van der Waals surface area contributed by atoms with E-state index in [2.05, 4.69) is 40.6 Å². The van der Waals surface area contributed by atoms with Gasteiger partial charge in [-0.1, -0.05) is 54.6 Å². The number of nitrogens with one attached hydrogen (secondary N) is 1. The molecule has 0 spiro atoms. The van der Waals surface area contributed by atoms with Gasteiger partial charge in [0.25, 0.3) is 0 Å². The number of rotatable bonds is 7. The maximum atomic E-state index is 12.2. The van der Waals surface area contributed by atoms with Gasteiger partial charge in [-0.15, -0.1) is 5.06 Å². The van der Waals surface area contributed by atoms with Gasteiger partial charge < -0.3 is 10.2 Å². The summed E-state index contributed by atoms with van der Waals surface area (Å²) in [5.41, 5.74) is 3.09. The molecule has 0 unspecified atom stereocenters. The second-order valence-corrected chi connectivity index (χ2v) is 8.84. The van der Waals surface area contributed by atoms with Gasteiger partial charge in [0.05, 0.1) is 11.5 Å². The van der Waals surface area contributed by atoms with Crippen LogP contribution < -0.4 is 5.32 Å². The first-order valence-corrected chi connectivity index (χ1v) is 11.6. The van der Waals surface area contributed by atoms with E-state index in [4.69, 9.17) is 4.84 Å². The fraction of sp³-hybridized carbons (Fsp3) is 0.462. The third kappa shape index (κ3) is 5.67. The van der Waals surface area contributed by atoms with E-state index < -0.39 is 11.5 Å². The van der Waals surface area contributed by atoms with Crippen LogP contribution in [-0.4, -0.2) is 48.8 Å². The molecular weight excluding hydrogens is 400 g/mol. The Morgan fingerprint density at radius 1 is 0.969 bits per heavy atom. The third-order valence-corrected chi connectivity index (χ3v) is 6.64. The molecule has 0 atom stereocenters. The van der Waals surface area contributed by atoms with Crippen LogP contribution in [0.2, 0.25) is 0 Å². The Morgan fingerprint density at radius 3 is 2.28 bits per heavy atom. The van der Waals surface area contributed by atoms with Crippen molar-refractivity contribution >= 4 is 6.09 Å². The molecule has 168 valence electrons. The number of hydrogen-bond acceptors (Lipinski definition) is 5. The highest BCUT2D eigenvalue weighted by Crippen LogP contribution is 2.34. The number of carbonyl (C=O) groups is 1. The van der Waals surface area contributed by atoms with Crippen LogP contribution in [0.5, 0.6) is 0 Å². The number of amides is 1. The van der Waals surface area contributed by atoms with E-state index in [1.165, 1.54) is 37.1 Å². The first kappa shape index (κ1) is 22.3. The molecule has 2 fully saturated rings. The summed E-state index contributed by atoms with van der Waals surface area (Å²) < 4.78 is 0.